The van der Waals surface area contributed by atoms with Crippen molar-refractivity contribution < 1.29 is 9.00 Å². The van der Waals surface area contributed by atoms with Crippen molar-refractivity contribution >= 4 is 16.6 Å². The van der Waals surface area contributed by atoms with Crippen molar-refractivity contribution in [2.24, 2.45) is 0 Å². The van der Waals surface area contributed by atoms with Crippen molar-refractivity contribution in [2.45, 2.75) is 0 Å². The maximum Gasteiger partial charge on any atom is 0.175 e. The Morgan fingerprint density at radius 1 is 1.33 bits per heavy atom. The number of carbonyl (C=O) groups excluding carboxylic acids is 1. The molecule has 0 N–H and O–H groups in total. The SMILES string of the molecule is C[S@](=O)CC(=O)c1ccccc1. The minimum Gasteiger partial charge on any atom is -0.293 e. The van der Waals surface area contributed by atoms with Gasteiger partial charge < -0.3 is 0 Å². The molecule has 0 heterocycles. The van der Waals surface area contributed by atoms with E-state index in [1.165, 1.54) is 6.26 Å². The topological polar surface area (TPSA) is 34.1 Å². The first kappa shape index (κ1) is 9.13. The smallest absolute Gasteiger partial charge is 0.175 e. The Kier molecular flexibility index (Phi) is 3.17. The van der Waals surface area contributed by atoms with E-state index in [0.29, 0.717) is 5.56 Å². The van der Waals surface area contributed by atoms with Gasteiger partial charge in [-0.05, 0) is 0 Å². The van der Waals surface area contributed by atoms with Gasteiger partial charge in [0, 0.05) is 22.6 Å². The second kappa shape index (κ2) is 4.16. The molecule has 12 heavy (non-hydrogen) atoms. The fourth-order valence-electron chi connectivity index (χ4n) is 0.892. The van der Waals surface area contributed by atoms with Gasteiger partial charge in [-0.3, -0.25) is 9.00 Å². The summed E-state index contributed by atoms with van der Waals surface area (Å²) in [5.41, 5.74) is 0.632. The van der Waals surface area contributed by atoms with Crippen LogP contribution in [0.4, 0.5) is 0 Å². The second-order valence-corrected chi connectivity index (χ2v) is 3.94. The van der Waals surface area contributed by atoms with E-state index in [4.69, 9.17) is 0 Å². The molecule has 1 aromatic carbocycles. The number of ketones is 1. The van der Waals surface area contributed by atoms with Crippen LogP contribution in [0.3, 0.4) is 0 Å². The minimum absolute atomic E-state index is 0.0589. The summed E-state index contributed by atoms with van der Waals surface area (Å²) in [5, 5.41) is 0. The zero-order chi connectivity index (χ0) is 8.97. The average Bonchev–Trinajstić information content (AvgIpc) is 2.05. The molecule has 0 aliphatic rings. The van der Waals surface area contributed by atoms with Crippen LogP contribution in [0.25, 0.3) is 0 Å². The monoisotopic (exact) mass is 182 g/mol. The van der Waals surface area contributed by atoms with Gasteiger partial charge in [0.15, 0.2) is 5.78 Å². The summed E-state index contributed by atoms with van der Waals surface area (Å²) in [4.78, 5) is 11.3. The van der Waals surface area contributed by atoms with E-state index >= 15 is 0 Å². The molecule has 0 radical (unpaired) electrons. The summed E-state index contributed by atoms with van der Waals surface area (Å²) in [6, 6.07) is 8.90. The molecular weight excluding hydrogens is 172 g/mol. The molecule has 0 aliphatic carbocycles. The molecule has 0 amide bonds. The third-order valence-corrected chi connectivity index (χ3v) is 2.10. The molecule has 2 nitrogen and oxygen atoms in total. The molecule has 0 unspecified atom stereocenters. The molecular formula is C9H10O2S. The van der Waals surface area contributed by atoms with E-state index < -0.39 is 10.8 Å². The molecule has 0 spiro atoms. The predicted molar refractivity (Wildman–Crippen MR) is 49.7 cm³/mol. The van der Waals surface area contributed by atoms with E-state index in [2.05, 4.69) is 0 Å². The highest BCUT2D eigenvalue weighted by atomic mass is 32.2. The minimum atomic E-state index is -1.05. The molecule has 64 valence electrons. The number of benzene rings is 1. The lowest BCUT2D eigenvalue weighted by molar-refractivity contribution is 0.102. The van der Waals surface area contributed by atoms with Crippen LogP contribution in [0.1, 0.15) is 10.4 Å². The molecule has 0 aliphatic heterocycles. The van der Waals surface area contributed by atoms with Gasteiger partial charge >= 0.3 is 0 Å². The first-order valence-corrected chi connectivity index (χ1v) is 5.31. The zero-order valence-electron chi connectivity index (χ0n) is 6.82. The van der Waals surface area contributed by atoms with Crippen LogP contribution in [0, 0.1) is 0 Å². The first-order chi connectivity index (χ1) is 5.70. The number of hydrogen-bond donors (Lipinski definition) is 0. The zero-order valence-corrected chi connectivity index (χ0v) is 7.64. The normalized spacial score (nSPS) is 12.4. The Balaban J connectivity index is 2.73. The summed E-state index contributed by atoms with van der Waals surface area (Å²) < 4.78 is 10.7. The highest BCUT2D eigenvalue weighted by molar-refractivity contribution is 7.85. The third kappa shape index (κ3) is 2.58. The quantitative estimate of drug-likeness (QED) is 0.659. The molecule has 0 saturated heterocycles. The molecule has 0 aromatic heterocycles. The lowest BCUT2D eigenvalue weighted by Gasteiger charge is -1.96. The number of rotatable bonds is 3. The van der Waals surface area contributed by atoms with E-state index in [1.54, 1.807) is 24.3 Å². The highest BCUT2D eigenvalue weighted by Crippen LogP contribution is 2.00. The van der Waals surface area contributed by atoms with Crippen LogP contribution in [0.15, 0.2) is 30.3 Å². The number of hydrogen-bond acceptors (Lipinski definition) is 2. The summed E-state index contributed by atoms with van der Waals surface area (Å²) in [5.74, 6) is 0.0562. The Hall–Kier alpha value is -0.960. The Bertz CT molecular complexity index is 293. The second-order valence-electron chi connectivity index (χ2n) is 2.51. The molecule has 1 atom stereocenters. The van der Waals surface area contributed by atoms with Crippen molar-refractivity contribution in [1.29, 1.82) is 0 Å². The fourth-order valence-corrected chi connectivity index (χ4v) is 1.43. The maximum atomic E-state index is 11.3. The van der Waals surface area contributed by atoms with Crippen LogP contribution in [0.2, 0.25) is 0 Å². The van der Waals surface area contributed by atoms with Crippen molar-refractivity contribution in [3.8, 4) is 0 Å². The van der Waals surface area contributed by atoms with Gasteiger partial charge in [-0.2, -0.15) is 0 Å². The number of carbonyl (C=O) groups is 1. The van der Waals surface area contributed by atoms with E-state index in [9.17, 15) is 9.00 Å². The largest absolute Gasteiger partial charge is 0.293 e. The lowest BCUT2D eigenvalue weighted by Crippen LogP contribution is -2.09. The average molecular weight is 182 g/mol. The van der Waals surface area contributed by atoms with Gasteiger partial charge in [-0.1, -0.05) is 30.3 Å². The van der Waals surface area contributed by atoms with Crippen molar-refractivity contribution in [1.82, 2.24) is 0 Å². The summed E-state index contributed by atoms with van der Waals surface area (Å²) in [6.45, 7) is 0. The maximum absolute atomic E-state index is 11.3. The van der Waals surface area contributed by atoms with Crippen LogP contribution in [0.5, 0.6) is 0 Å². The molecule has 1 aromatic rings. The Labute approximate surface area is 74.1 Å². The van der Waals surface area contributed by atoms with Gasteiger partial charge in [-0.15, -0.1) is 0 Å². The summed E-state index contributed by atoms with van der Waals surface area (Å²) >= 11 is 0. The van der Waals surface area contributed by atoms with Gasteiger partial charge in [-0.25, -0.2) is 0 Å². The van der Waals surface area contributed by atoms with Crippen LogP contribution in [-0.4, -0.2) is 22.0 Å². The molecule has 0 saturated carbocycles. The predicted octanol–water partition coefficient (Wildman–Crippen LogP) is 1.25. The summed E-state index contributed by atoms with van der Waals surface area (Å²) in [7, 11) is -1.05. The van der Waals surface area contributed by atoms with Gasteiger partial charge in [0.1, 0.15) is 0 Å². The van der Waals surface area contributed by atoms with Crippen molar-refractivity contribution in [3.05, 3.63) is 35.9 Å². The van der Waals surface area contributed by atoms with Gasteiger partial charge in [0.25, 0.3) is 0 Å². The van der Waals surface area contributed by atoms with Crippen LogP contribution >= 0.6 is 0 Å². The Morgan fingerprint density at radius 2 is 1.92 bits per heavy atom. The standard InChI is InChI=1S/C9H10O2S/c1-12(11)7-9(10)8-5-3-2-4-6-8/h2-6H,7H2,1H3/t12-/m0/s1. The van der Waals surface area contributed by atoms with Gasteiger partial charge in [0.05, 0.1) is 5.75 Å². The molecule has 1 rings (SSSR count). The Morgan fingerprint density at radius 3 is 2.42 bits per heavy atom. The lowest BCUT2D eigenvalue weighted by atomic mass is 10.2. The van der Waals surface area contributed by atoms with E-state index in [1.807, 2.05) is 6.07 Å². The highest BCUT2D eigenvalue weighted by Gasteiger charge is 2.05. The van der Waals surface area contributed by atoms with Crippen LogP contribution in [-0.2, 0) is 10.8 Å². The van der Waals surface area contributed by atoms with Crippen molar-refractivity contribution in [2.75, 3.05) is 12.0 Å². The molecule has 0 fully saturated rings. The fraction of sp³-hybridized carbons (Fsp3) is 0.222. The first-order valence-electron chi connectivity index (χ1n) is 3.58. The number of Topliss-reactive ketones (excluding diaryl/α,β-unsaturated/α-hetero) is 1. The molecule has 3 heteroatoms. The van der Waals surface area contributed by atoms with Crippen molar-refractivity contribution in [3.63, 3.8) is 0 Å². The van der Waals surface area contributed by atoms with Crippen LogP contribution < -0.4 is 0 Å². The molecule has 0 bridgehead atoms. The van der Waals surface area contributed by atoms with E-state index in [0.717, 1.165) is 0 Å². The third-order valence-electron chi connectivity index (χ3n) is 1.43. The van der Waals surface area contributed by atoms with Gasteiger partial charge in [0.2, 0.25) is 0 Å². The summed E-state index contributed by atoms with van der Waals surface area (Å²) in [6.07, 6.45) is 1.53. The van der Waals surface area contributed by atoms with E-state index in [-0.39, 0.29) is 11.5 Å².